The molecular formula is C35H32N2O5S2. The molecule has 1 N–H and O–H groups in total. The van der Waals surface area contributed by atoms with Gasteiger partial charge in [0.1, 0.15) is 6.61 Å². The van der Waals surface area contributed by atoms with Crippen LogP contribution in [0.15, 0.2) is 76.6 Å². The molecule has 2 saturated carbocycles. The molecule has 2 aliphatic carbocycles. The highest BCUT2D eigenvalue weighted by Gasteiger charge is 2.69. The number of imide groups is 1. The van der Waals surface area contributed by atoms with Crippen LogP contribution < -0.4 is 19.2 Å². The fourth-order valence-corrected chi connectivity index (χ4v) is 11.2. The maximum absolute atomic E-state index is 14.0. The molecule has 2 bridgehead atoms. The van der Waals surface area contributed by atoms with Crippen molar-refractivity contribution in [3.63, 3.8) is 0 Å². The number of hydrogen-bond donors (Lipinski definition) is 1. The van der Waals surface area contributed by atoms with Crippen LogP contribution in [0.2, 0.25) is 0 Å². The lowest BCUT2D eigenvalue weighted by Crippen LogP contribution is -2.42. The Labute approximate surface area is 263 Å². The van der Waals surface area contributed by atoms with Crippen LogP contribution in [-0.2, 0) is 16.2 Å². The molecule has 7 nitrogen and oxygen atoms in total. The summed E-state index contributed by atoms with van der Waals surface area (Å²) < 4.78 is 12.1. The average molecular weight is 625 g/mol. The van der Waals surface area contributed by atoms with Crippen LogP contribution in [0, 0.1) is 43.4 Å². The number of anilines is 1. The molecule has 0 spiro atoms. The summed E-state index contributed by atoms with van der Waals surface area (Å²) in [6.45, 7) is 4.49. The first-order chi connectivity index (χ1) is 21.3. The number of nitrogens with one attached hydrogen (secondary N) is 1. The predicted octanol–water partition coefficient (Wildman–Crippen LogP) is 6.32. The van der Waals surface area contributed by atoms with Crippen molar-refractivity contribution < 1.29 is 19.1 Å². The Morgan fingerprint density at radius 1 is 0.909 bits per heavy atom. The van der Waals surface area contributed by atoms with E-state index in [4.69, 9.17) is 9.47 Å². The van der Waals surface area contributed by atoms with E-state index in [2.05, 4.69) is 30.1 Å². The maximum Gasteiger partial charge on any atom is 0.305 e. The van der Waals surface area contributed by atoms with Gasteiger partial charge in [-0.2, -0.15) is 0 Å². The molecule has 2 aliphatic heterocycles. The van der Waals surface area contributed by atoms with E-state index in [-0.39, 0.29) is 57.4 Å². The van der Waals surface area contributed by atoms with Gasteiger partial charge in [0.25, 0.3) is 0 Å². The smallest absolute Gasteiger partial charge is 0.305 e. The molecule has 3 aromatic carbocycles. The van der Waals surface area contributed by atoms with Crippen molar-refractivity contribution in [1.29, 1.82) is 0 Å². The Morgan fingerprint density at radius 3 is 2.41 bits per heavy atom. The topological polar surface area (TPSA) is 88.7 Å². The number of aromatic amines is 1. The number of fused-ring (bicyclic) bond motifs is 9. The van der Waals surface area contributed by atoms with E-state index in [9.17, 15) is 14.4 Å². The quantitative estimate of drug-likeness (QED) is 0.253. The van der Waals surface area contributed by atoms with Gasteiger partial charge in [-0.05, 0) is 79.0 Å². The monoisotopic (exact) mass is 624 g/mol. The maximum atomic E-state index is 14.0. The summed E-state index contributed by atoms with van der Waals surface area (Å²) in [7, 11) is 1.64. The number of aromatic nitrogens is 1. The Kier molecular flexibility index (Phi) is 6.54. The SMILES string of the molecule is COc1cc(C2c3sc(=O)[nH]c3SC3C2[C@H]2C[C@@H]3C3C(=O)N(c4ccc(C)cc4)C(=O)C32)ccc1OCc1ccccc1C. The largest absolute Gasteiger partial charge is 0.493 e. The van der Waals surface area contributed by atoms with Gasteiger partial charge in [0.2, 0.25) is 11.8 Å². The first kappa shape index (κ1) is 27.7. The van der Waals surface area contributed by atoms with Crippen LogP contribution >= 0.6 is 23.1 Å². The number of H-pyrrole nitrogens is 1. The summed E-state index contributed by atoms with van der Waals surface area (Å²) in [5.41, 5.74) is 5.05. The van der Waals surface area contributed by atoms with Crippen LogP contribution in [-0.4, -0.2) is 29.2 Å². The number of amides is 2. The van der Waals surface area contributed by atoms with Gasteiger partial charge in [-0.3, -0.25) is 19.3 Å². The predicted molar refractivity (Wildman–Crippen MR) is 171 cm³/mol. The van der Waals surface area contributed by atoms with Crippen molar-refractivity contribution in [2.45, 2.75) is 43.1 Å². The Bertz CT molecular complexity index is 1860. The zero-order chi connectivity index (χ0) is 30.3. The lowest BCUT2D eigenvalue weighted by molar-refractivity contribution is -0.123. The van der Waals surface area contributed by atoms with Crippen molar-refractivity contribution in [3.8, 4) is 11.5 Å². The molecule has 3 heterocycles. The van der Waals surface area contributed by atoms with E-state index in [0.717, 1.165) is 33.0 Å². The molecule has 9 heteroatoms. The van der Waals surface area contributed by atoms with E-state index < -0.39 is 0 Å². The Morgan fingerprint density at radius 2 is 1.66 bits per heavy atom. The number of aryl methyl sites for hydroxylation is 2. The Hall–Kier alpha value is -3.82. The van der Waals surface area contributed by atoms with Gasteiger partial charge in [-0.1, -0.05) is 59.4 Å². The number of benzene rings is 3. The summed E-state index contributed by atoms with van der Waals surface area (Å²) in [4.78, 5) is 46.0. The first-order valence-corrected chi connectivity index (χ1v) is 16.7. The van der Waals surface area contributed by atoms with Gasteiger partial charge in [-0.15, -0.1) is 11.8 Å². The van der Waals surface area contributed by atoms with E-state index in [1.807, 2.05) is 55.5 Å². The minimum absolute atomic E-state index is 0.0488. The highest BCUT2D eigenvalue weighted by atomic mass is 32.2. The number of carbonyl (C=O) groups excluding carboxylic acids is 2. The molecule has 7 atom stereocenters. The molecule has 44 heavy (non-hydrogen) atoms. The number of carbonyl (C=O) groups is 2. The van der Waals surface area contributed by atoms with Crippen molar-refractivity contribution in [3.05, 3.63) is 104 Å². The number of hydrogen-bond acceptors (Lipinski definition) is 7. The zero-order valence-corrected chi connectivity index (χ0v) is 26.2. The van der Waals surface area contributed by atoms with E-state index in [1.54, 1.807) is 18.9 Å². The third-order valence-corrected chi connectivity index (χ3v) is 12.8. The number of methoxy groups -OCH3 is 1. The van der Waals surface area contributed by atoms with Crippen LogP contribution in [0.4, 0.5) is 5.69 Å². The third-order valence-electron chi connectivity index (χ3n) is 10.2. The highest BCUT2D eigenvalue weighted by molar-refractivity contribution is 8.00. The normalized spacial score (nSPS) is 28.2. The van der Waals surface area contributed by atoms with Crippen LogP contribution in [0.5, 0.6) is 11.5 Å². The summed E-state index contributed by atoms with van der Waals surface area (Å²) in [6, 6.07) is 21.8. The number of nitrogens with zero attached hydrogens (tertiary/aromatic N) is 1. The summed E-state index contributed by atoms with van der Waals surface area (Å²) in [5.74, 6) is 0.622. The van der Waals surface area contributed by atoms with Gasteiger partial charge >= 0.3 is 4.87 Å². The summed E-state index contributed by atoms with van der Waals surface area (Å²) >= 11 is 2.95. The third kappa shape index (κ3) is 4.12. The molecule has 0 radical (unpaired) electrons. The average Bonchev–Trinajstić information content (AvgIpc) is 3.76. The molecule has 224 valence electrons. The van der Waals surface area contributed by atoms with Gasteiger partial charge in [-0.25, -0.2) is 0 Å². The van der Waals surface area contributed by atoms with E-state index in [1.165, 1.54) is 21.8 Å². The van der Waals surface area contributed by atoms with Crippen molar-refractivity contribution in [1.82, 2.24) is 4.98 Å². The molecule has 2 amide bonds. The second-order valence-corrected chi connectivity index (χ2v) is 14.6. The second kappa shape index (κ2) is 10.4. The molecule has 8 rings (SSSR count). The first-order valence-electron chi connectivity index (χ1n) is 15.0. The number of rotatable bonds is 6. The number of thioether (sulfide) groups is 1. The minimum atomic E-state index is -0.339. The van der Waals surface area contributed by atoms with Crippen LogP contribution in [0.3, 0.4) is 0 Å². The molecule has 4 aromatic rings. The van der Waals surface area contributed by atoms with Crippen LogP contribution in [0.1, 0.15) is 39.5 Å². The fourth-order valence-electron chi connectivity index (χ4n) is 8.26. The number of ether oxygens (including phenoxy) is 2. The molecule has 4 aliphatic rings. The lowest BCUT2D eigenvalue weighted by atomic mass is 9.68. The van der Waals surface area contributed by atoms with Gasteiger partial charge in [0.15, 0.2) is 11.5 Å². The highest BCUT2D eigenvalue weighted by Crippen LogP contribution is 2.68. The summed E-state index contributed by atoms with van der Waals surface area (Å²) in [6.07, 6.45) is 0.849. The van der Waals surface area contributed by atoms with Crippen molar-refractivity contribution in [2.24, 2.45) is 29.6 Å². The van der Waals surface area contributed by atoms with E-state index >= 15 is 0 Å². The summed E-state index contributed by atoms with van der Waals surface area (Å²) in [5, 5.41) is 1.02. The van der Waals surface area contributed by atoms with Crippen LogP contribution in [0.25, 0.3) is 0 Å². The molecule has 1 saturated heterocycles. The molecular weight excluding hydrogens is 593 g/mol. The minimum Gasteiger partial charge on any atom is -0.493 e. The molecule has 3 fully saturated rings. The standard InChI is InChI=1S/C35H32N2O5S2/c1-17-8-11-21(12-9-17)37-33(38)28-22-15-23(29(28)34(37)39)30-27(22)26(31-32(43-30)36-35(40)44-31)19-10-13-24(25(14-19)41-3)42-16-20-7-5-4-6-18(20)2/h4-14,22-23,26-30H,15-16H2,1-3H3,(H,36,40)/t22-,23-,26?,27?,28?,29?,30?/m1/s1. The van der Waals surface area contributed by atoms with E-state index in [0.29, 0.717) is 23.8 Å². The number of thiazole rings is 1. The second-order valence-electron chi connectivity index (χ2n) is 12.4. The molecule has 1 aromatic heterocycles. The van der Waals surface area contributed by atoms with Crippen molar-refractivity contribution >= 4 is 40.6 Å². The van der Waals surface area contributed by atoms with Gasteiger partial charge in [0, 0.05) is 16.0 Å². The lowest BCUT2D eigenvalue weighted by Gasteiger charge is -2.43. The Balaban J connectivity index is 1.15. The van der Waals surface area contributed by atoms with Gasteiger partial charge < -0.3 is 14.5 Å². The van der Waals surface area contributed by atoms with Gasteiger partial charge in [0.05, 0.1) is 29.7 Å². The van der Waals surface area contributed by atoms with Crippen molar-refractivity contribution in [2.75, 3.05) is 12.0 Å². The zero-order valence-electron chi connectivity index (χ0n) is 24.6. The molecule has 5 unspecified atom stereocenters. The fraction of sp³-hybridized carbons (Fsp3) is 0.343.